The van der Waals surface area contributed by atoms with Crippen LogP contribution in [0.4, 0.5) is 17.1 Å². The van der Waals surface area contributed by atoms with Crippen LogP contribution in [0.5, 0.6) is 5.75 Å². The van der Waals surface area contributed by atoms with Crippen LogP contribution in [-0.4, -0.2) is 30.1 Å². The van der Waals surface area contributed by atoms with Gasteiger partial charge >= 0.3 is 0 Å². The fourth-order valence-corrected chi connectivity index (χ4v) is 2.67. The minimum atomic E-state index is -0.619. The highest BCUT2D eigenvalue weighted by Crippen LogP contribution is 2.24. The standard InChI is InChI=1S/C18H19N3O5/c19-16-7-6-12(9-17(16)21(23)24)18(22)20-13-3-1-4-14(10-13)26-11-15-5-2-8-25-15/h1,3-4,6-7,9-10,15H,2,5,8,11,19H2,(H,20,22). The van der Waals surface area contributed by atoms with Crippen LogP contribution in [0, 0.1) is 10.1 Å². The third-order valence-electron chi connectivity index (χ3n) is 4.04. The van der Waals surface area contributed by atoms with E-state index >= 15 is 0 Å². The van der Waals surface area contributed by atoms with Crippen LogP contribution in [0.3, 0.4) is 0 Å². The number of carbonyl (C=O) groups is 1. The van der Waals surface area contributed by atoms with E-state index in [2.05, 4.69) is 5.32 Å². The van der Waals surface area contributed by atoms with Gasteiger partial charge in [0, 0.05) is 30.0 Å². The lowest BCUT2D eigenvalue weighted by Crippen LogP contribution is -2.16. The predicted molar refractivity (Wildman–Crippen MR) is 96.4 cm³/mol. The van der Waals surface area contributed by atoms with Crippen molar-refractivity contribution >= 4 is 23.0 Å². The highest BCUT2D eigenvalue weighted by atomic mass is 16.6. The van der Waals surface area contributed by atoms with Crippen LogP contribution < -0.4 is 15.8 Å². The van der Waals surface area contributed by atoms with Gasteiger partial charge in [-0.2, -0.15) is 0 Å². The molecule has 8 nitrogen and oxygen atoms in total. The molecular formula is C18H19N3O5. The lowest BCUT2D eigenvalue weighted by molar-refractivity contribution is -0.383. The van der Waals surface area contributed by atoms with Gasteiger partial charge in [-0.1, -0.05) is 6.07 Å². The summed E-state index contributed by atoms with van der Waals surface area (Å²) in [5.74, 6) is 0.144. The SMILES string of the molecule is Nc1ccc(C(=O)Nc2cccc(OCC3CCCO3)c2)cc1[N+](=O)[O-]. The zero-order chi connectivity index (χ0) is 18.5. The Balaban J connectivity index is 1.66. The zero-order valence-corrected chi connectivity index (χ0v) is 14.0. The number of nitrogens with one attached hydrogen (secondary N) is 1. The summed E-state index contributed by atoms with van der Waals surface area (Å²) in [5, 5.41) is 13.6. The second kappa shape index (κ2) is 7.83. The smallest absolute Gasteiger partial charge is 0.292 e. The van der Waals surface area contributed by atoms with Crippen molar-refractivity contribution in [1.29, 1.82) is 0 Å². The topological polar surface area (TPSA) is 117 Å². The van der Waals surface area contributed by atoms with Crippen molar-refractivity contribution in [1.82, 2.24) is 0 Å². The molecule has 136 valence electrons. The average molecular weight is 357 g/mol. The van der Waals surface area contributed by atoms with Crippen LogP contribution >= 0.6 is 0 Å². The molecule has 1 saturated heterocycles. The lowest BCUT2D eigenvalue weighted by atomic mass is 10.1. The Morgan fingerprint density at radius 1 is 1.35 bits per heavy atom. The first kappa shape index (κ1) is 17.7. The van der Waals surface area contributed by atoms with Crippen molar-refractivity contribution in [2.75, 3.05) is 24.3 Å². The van der Waals surface area contributed by atoms with Gasteiger partial charge in [-0.05, 0) is 37.1 Å². The third kappa shape index (κ3) is 4.28. The molecule has 26 heavy (non-hydrogen) atoms. The maximum Gasteiger partial charge on any atom is 0.292 e. The fourth-order valence-electron chi connectivity index (χ4n) is 2.67. The van der Waals surface area contributed by atoms with Crippen LogP contribution in [0.15, 0.2) is 42.5 Å². The highest BCUT2D eigenvalue weighted by molar-refractivity contribution is 6.05. The van der Waals surface area contributed by atoms with Gasteiger partial charge in [0.2, 0.25) is 0 Å². The molecule has 1 atom stereocenters. The normalized spacial score (nSPS) is 16.2. The van der Waals surface area contributed by atoms with E-state index in [0.717, 1.165) is 25.5 Å². The van der Waals surface area contributed by atoms with Crippen LogP contribution in [-0.2, 0) is 4.74 Å². The molecule has 1 amide bonds. The van der Waals surface area contributed by atoms with Crippen molar-refractivity contribution in [2.24, 2.45) is 0 Å². The predicted octanol–water partition coefficient (Wildman–Crippen LogP) is 2.99. The van der Waals surface area contributed by atoms with Crippen molar-refractivity contribution < 1.29 is 19.2 Å². The molecule has 1 unspecified atom stereocenters. The van der Waals surface area contributed by atoms with Crippen LogP contribution in [0.1, 0.15) is 23.2 Å². The van der Waals surface area contributed by atoms with E-state index in [1.165, 1.54) is 12.1 Å². The Morgan fingerprint density at radius 2 is 2.19 bits per heavy atom. The van der Waals surface area contributed by atoms with E-state index in [0.29, 0.717) is 18.0 Å². The summed E-state index contributed by atoms with van der Waals surface area (Å²) in [6, 6.07) is 10.9. The molecule has 0 bridgehead atoms. The Bertz CT molecular complexity index is 818. The van der Waals surface area contributed by atoms with Crippen LogP contribution in [0.25, 0.3) is 0 Å². The van der Waals surface area contributed by atoms with Crippen LogP contribution in [0.2, 0.25) is 0 Å². The maximum atomic E-state index is 12.3. The molecule has 0 radical (unpaired) electrons. The zero-order valence-electron chi connectivity index (χ0n) is 14.0. The van der Waals surface area contributed by atoms with Gasteiger partial charge in [-0.15, -0.1) is 0 Å². The van der Waals surface area contributed by atoms with Gasteiger partial charge in [0.1, 0.15) is 18.0 Å². The van der Waals surface area contributed by atoms with Gasteiger partial charge in [0.15, 0.2) is 0 Å². The molecule has 2 aromatic rings. The second-order valence-electron chi connectivity index (χ2n) is 5.96. The number of nitrogens with two attached hydrogens (primary N) is 1. The number of hydrogen-bond acceptors (Lipinski definition) is 6. The molecule has 0 spiro atoms. The fraction of sp³-hybridized carbons (Fsp3) is 0.278. The summed E-state index contributed by atoms with van der Waals surface area (Å²) < 4.78 is 11.2. The molecule has 0 aromatic heterocycles. The molecule has 1 heterocycles. The van der Waals surface area contributed by atoms with E-state index in [-0.39, 0.29) is 23.0 Å². The number of nitro groups is 1. The number of nitrogens with zero attached hydrogens (tertiary/aromatic N) is 1. The molecule has 3 N–H and O–H groups in total. The number of amides is 1. The first-order chi connectivity index (χ1) is 12.5. The Hall–Kier alpha value is -3.13. The average Bonchev–Trinajstić information content (AvgIpc) is 3.14. The molecule has 1 aliphatic rings. The van der Waals surface area contributed by atoms with E-state index < -0.39 is 10.8 Å². The molecule has 3 rings (SSSR count). The summed E-state index contributed by atoms with van der Waals surface area (Å²) in [6.07, 6.45) is 2.12. The van der Waals surface area contributed by atoms with E-state index in [4.69, 9.17) is 15.2 Å². The van der Waals surface area contributed by atoms with Crippen molar-refractivity contribution in [3.63, 3.8) is 0 Å². The Labute approximate surface area is 150 Å². The number of ether oxygens (including phenoxy) is 2. The van der Waals surface area contributed by atoms with Gasteiger partial charge in [0.05, 0.1) is 11.0 Å². The van der Waals surface area contributed by atoms with Gasteiger partial charge in [0.25, 0.3) is 11.6 Å². The molecule has 8 heteroatoms. The summed E-state index contributed by atoms with van der Waals surface area (Å²) in [7, 11) is 0. The third-order valence-corrected chi connectivity index (χ3v) is 4.04. The highest BCUT2D eigenvalue weighted by Gasteiger charge is 2.17. The summed E-state index contributed by atoms with van der Waals surface area (Å²) >= 11 is 0. The number of anilines is 2. The number of benzene rings is 2. The minimum absolute atomic E-state index is 0.0103. The molecular weight excluding hydrogens is 338 g/mol. The van der Waals surface area contributed by atoms with Crippen molar-refractivity contribution in [3.8, 4) is 5.75 Å². The number of nitro benzene ring substituents is 1. The van der Waals surface area contributed by atoms with Gasteiger partial charge in [-0.25, -0.2) is 0 Å². The molecule has 2 aromatic carbocycles. The van der Waals surface area contributed by atoms with E-state index in [1.54, 1.807) is 24.3 Å². The number of rotatable bonds is 6. The van der Waals surface area contributed by atoms with Gasteiger partial charge in [-0.3, -0.25) is 14.9 Å². The van der Waals surface area contributed by atoms with Gasteiger partial charge < -0.3 is 20.5 Å². The second-order valence-corrected chi connectivity index (χ2v) is 5.96. The molecule has 1 aliphatic heterocycles. The number of carbonyl (C=O) groups excluding carboxylic acids is 1. The largest absolute Gasteiger partial charge is 0.491 e. The Morgan fingerprint density at radius 3 is 2.92 bits per heavy atom. The van der Waals surface area contributed by atoms with E-state index in [1.807, 2.05) is 0 Å². The molecule has 0 saturated carbocycles. The summed E-state index contributed by atoms with van der Waals surface area (Å²) in [6.45, 7) is 1.22. The monoisotopic (exact) mass is 357 g/mol. The quantitative estimate of drug-likeness (QED) is 0.466. The van der Waals surface area contributed by atoms with Crippen molar-refractivity contribution in [2.45, 2.75) is 18.9 Å². The summed E-state index contributed by atoms with van der Waals surface area (Å²) in [5.41, 5.74) is 5.94. The molecule has 0 aliphatic carbocycles. The lowest BCUT2D eigenvalue weighted by Gasteiger charge is -2.12. The van der Waals surface area contributed by atoms with E-state index in [9.17, 15) is 14.9 Å². The molecule has 1 fully saturated rings. The minimum Gasteiger partial charge on any atom is -0.491 e. The number of hydrogen-bond donors (Lipinski definition) is 2. The first-order valence-corrected chi connectivity index (χ1v) is 8.22. The van der Waals surface area contributed by atoms with Crippen molar-refractivity contribution in [3.05, 3.63) is 58.1 Å². The maximum absolute atomic E-state index is 12.3. The summed E-state index contributed by atoms with van der Waals surface area (Å²) in [4.78, 5) is 22.7. The number of nitrogen functional groups attached to an aromatic ring is 1. The first-order valence-electron chi connectivity index (χ1n) is 8.22. The Kier molecular flexibility index (Phi) is 5.33.